The molecule has 0 spiro atoms. The molecule has 6 nitrogen and oxygen atoms in total. The lowest BCUT2D eigenvalue weighted by Crippen LogP contribution is -2.41. The highest BCUT2D eigenvalue weighted by Crippen LogP contribution is 2.62. The van der Waals surface area contributed by atoms with Crippen LogP contribution in [0.5, 0.6) is 5.88 Å². The predicted octanol–water partition coefficient (Wildman–Crippen LogP) is 5.35. The smallest absolute Gasteiger partial charge is 0.473 e. The molecule has 1 aliphatic heterocycles. The van der Waals surface area contributed by atoms with Crippen LogP contribution in [0.2, 0.25) is 0 Å². The Morgan fingerprint density at radius 3 is 2.33 bits per heavy atom. The van der Waals surface area contributed by atoms with Crippen LogP contribution in [-0.4, -0.2) is 34.9 Å². The molecule has 2 heterocycles. The Kier molecular flexibility index (Phi) is 6.38. The number of fused-ring (bicyclic) bond motifs is 3. The number of rotatable bonds is 5. The Bertz CT molecular complexity index is 1300. The molecule has 5 rings (SSSR count). The third-order valence-corrected chi connectivity index (χ3v) is 8.07. The van der Waals surface area contributed by atoms with E-state index in [9.17, 15) is 22.4 Å². The molecular formula is C28H32BF4NO5. The third-order valence-electron chi connectivity index (χ3n) is 8.07. The van der Waals surface area contributed by atoms with Gasteiger partial charge in [-0.1, -0.05) is 6.07 Å². The maximum absolute atomic E-state index is 14.8. The molecule has 2 aromatic rings. The van der Waals surface area contributed by atoms with Crippen LogP contribution in [0.1, 0.15) is 76.6 Å². The highest BCUT2D eigenvalue weighted by atomic mass is 19.4. The fourth-order valence-corrected chi connectivity index (χ4v) is 5.35. The number of alkyl halides is 3. The Balaban J connectivity index is 1.33. The highest BCUT2D eigenvalue weighted by Gasteiger charge is 2.61. The van der Waals surface area contributed by atoms with Crippen molar-refractivity contribution in [2.45, 2.75) is 90.4 Å². The van der Waals surface area contributed by atoms with Gasteiger partial charge in [0, 0.05) is 23.7 Å². The molecule has 3 aliphatic rings. The largest absolute Gasteiger partial charge is 0.495 e. The molecule has 2 aliphatic carbocycles. The van der Waals surface area contributed by atoms with Gasteiger partial charge in [0.15, 0.2) is 0 Å². The zero-order valence-corrected chi connectivity index (χ0v) is 23.0. The minimum Gasteiger partial charge on any atom is -0.473 e. The predicted molar refractivity (Wildman–Crippen MR) is 135 cm³/mol. The van der Waals surface area contributed by atoms with Gasteiger partial charge < -0.3 is 18.8 Å². The SMILES string of the molecule is CC(C)(C)OC(=O)[C@H]1[C@@H]2Cc3cc(OCc4cc(B5OC(C)(C)C(C)(C)O5)c(C(F)(F)F)cc4F)ncc3[C@@H]21. The van der Waals surface area contributed by atoms with Crippen LogP contribution >= 0.6 is 0 Å². The van der Waals surface area contributed by atoms with E-state index in [1.54, 1.807) is 40.0 Å². The van der Waals surface area contributed by atoms with Crippen LogP contribution in [0, 0.1) is 17.7 Å². The maximum atomic E-state index is 14.8. The van der Waals surface area contributed by atoms with Gasteiger partial charge in [-0.3, -0.25) is 4.79 Å². The van der Waals surface area contributed by atoms with Gasteiger partial charge in [0.25, 0.3) is 0 Å². The number of aromatic nitrogens is 1. The zero-order chi connectivity index (χ0) is 28.7. The highest BCUT2D eigenvalue weighted by molar-refractivity contribution is 6.62. The van der Waals surface area contributed by atoms with Gasteiger partial charge in [-0.25, -0.2) is 9.37 Å². The van der Waals surface area contributed by atoms with Gasteiger partial charge in [-0.15, -0.1) is 0 Å². The third kappa shape index (κ3) is 5.15. The Morgan fingerprint density at radius 1 is 1.10 bits per heavy atom. The Hall–Kier alpha value is -2.66. The van der Waals surface area contributed by atoms with E-state index in [1.165, 1.54) is 0 Å². The van der Waals surface area contributed by atoms with E-state index in [0.717, 1.165) is 17.2 Å². The van der Waals surface area contributed by atoms with E-state index in [1.807, 2.05) is 20.8 Å². The number of carbonyl (C=O) groups is 1. The molecule has 0 radical (unpaired) electrons. The average molecular weight is 549 g/mol. The second-order valence-corrected chi connectivity index (χ2v) is 12.6. The number of hydrogen-bond donors (Lipinski definition) is 0. The maximum Gasteiger partial charge on any atom is 0.495 e. The summed E-state index contributed by atoms with van der Waals surface area (Å²) in [6.45, 7) is 12.1. The molecule has 210 valence electrons. The second kappa shape index (κ2) is 8.93. The number of ether oxygens (including phenoxy) is 2. The lowest BCUT2D eigenvalue weighted by molar-refractivity contribution is -0.157. The van der Waals surface area contributed by atoms with Crippen molar-refractivity contribution >= 4 is 18.6 Å². The van der Waals surface area contributed by atoms with Crippen LogP contribution in [-0.2, 0) is 38.0 Å². The van der Waals surface area contributed by atoms with Gasteiger partial charge in [0.05, 0.1) is 22.7 Å². The summed E-state index contributed by atoms with van der Waals surface area (Å²) in [5, 5.41) is 0. The number of pyridine rings is 1. The summed E-state index contributed by atoms with van der Waals surface area (Å²) in [6.07, 6.45) is -2.49. The summed E-state index contributed by atoms with van der Waals surface area (Å²) in [6, 6.07) is 3.29. The van der Waals surface area contributed by atoms with Crippen LogP contribution in [0.3, 0.4) is 0 Å². The zero-order valence-electron chi connectivity index (χ0n) is 23.0. The molecule has 1 aromatic heterocycles. The Morgan fingerprint density at radius 2 is 1.74 bits per heavy atom. The number of hydrogen-bond acceptors (Lipinski definition) is 6. The van der Waals surface area contributed by atoms with E-state index in [0.29, 0.717) is 12.5 Å². The van der Waals surface area contributed by atoms with E-state index in [-0.39, 0.29) is 47.2 Å². The van der Waals surface area contributed by atoms with Crippen LogP contribution < -0.4 is 10.2 Å². The monoisotopic (exact) mass is 549 g/mol. The van der Waals surface area contributed by atoms with Crippen molar-refractivity contribution < 1.29 is 41.1 Å². The van der Waals surface area contributed by atoms with Crippen molar-refractivity contribution in [2.75, 3.05) is 0 Å². The standard InChI is InChI=1S/C28H32BF4NO5/c1-25(2,3)37-24(35)23-16-8-14-10-21(34-12-17(14)22(16)23)36-13-15-9-19(18(11-20(15)30)28(31,32)33)29-38-26(4,5)27(6,7)39-29/h9-12,16,22-23H,8,13H2,1-7H3/t16-,22-,23+/m1/s1. The summed E-state index contributed by atoms with van der Waals surface area (Å²) < 4.78 is 79.2. The van der Waals surface area contributed by atoms with Crippen LogP contribution in [0.15, 0.2) is 24.4 Å². The molecule has 2 fully saturated rings. The molecule has 1 saturated heterocycles. The summed E-state index contributed by atoms with van der Waals surface area (Å²) in [7, 11) is -1.33. The first-order valence-electron chi connectivity index (χ1n) is 13.0. The van der Waals surface area contributed by atoms with Crippen molar-refractivity contribution in [2.24, 2.45) is 11.8 Å². The average Bonchev–Trinajstić information content (AvgIpc) is 3.29. The summed E-state index contributed by atoms with van der Waals surface area (Å²) in [5.41, 5.74) is -1.89. The fraction of sp³-hybridized carbons (Fsp3) is 0.571. The van der Waals surface area contributed by atoms with Gasteiger partial charge in [0.2, 0.25) is 5.88 Å². The van der Waals surface area contributed by atoms with E-state index in [4.69, 9.17) is 18.8 Å². The van der Waals surface area contributed by atoms with E-state index >= 15 is 0 Å². The minimum absolute atomic E-state index is 0.0613. The Labute approximate surface area is 225 Å². The topological polar surface area (TPSA) is 66.9 Å². The molecule has 3 atom stereocenters. The summed E-state index contributed by atoms with van der Waals surface area (Å²) >= 11 is 0. The van der Waals surface area contributed by atoms with Crippen LogP contribution in [0.4, 0.5) is 17.6 Å². The normalized spacial score (nSPS) is 24.8. The molecule has 0 unspecified atom stereocenters. The lowest BCUT2D eigenvalue weighted by Gasteiger charge is -2.32. The summed E-state index contributed by atoms with van der Waals surface area (Å²) in [5.74, 6) is -1.00. The van der Waals surface area contributed by atoms with E-state index < -0.39 is 41.5 Å². The van der Waals surface area contributed by atoms with Crippen LogP contribution in [0.25, 0.3) is 0 Å². The van der Waals surface area contributed by atoms with Gasteiger partial charge in [-0.05, 0) is 83.5 Å². The fourth-order valence-electron chi connectivity index (χ4n) is 5.35. The first-order chi connectivity index (χ1) is 17.9. The molecule has 0 N–H and O–H groups in total. The van der Waals surface area contributed by atoms with Crippen molar-refractivity contribution in [3.05, 3.63) is 52.5 Å². The minimum atomic E-state index is -4.81. The number of benzene rings is 1. The lowest BCUT2D eigenvalue weighted by atomic mass is 9.75. The molecule has 11 heteroatoms. The number of halogens is 4. The first kappa shape index (κ1) is 27.9. The van der Waals surface area contributed by atoms with Crippen molar-refractivity contribution in [1.29, 1.82) is 0 Å². The molecular weight excluding hydrogens is 517 g/mol. The van der Waals surface area contributed by atoms with Crippen molar-refractivity contribution in [3.8, 4) is 5.88 Å². The molecule has 39 heavy (non-hydrogen) atoms. The molecule has 0 bridgehead atoms. The van der Waals surface area contributed by atoms with Gasteiger partial charge in [0.1, 0.15) is 18.0 Å². The quantitative estimate of drug-likeness (QED) is 0.285. The molecule has 1 aromatic carbocycles. The number of esters is 1. The number of nitrogens with zero attached hydrogens (tertiary/aromatic N) is 1. The first-order valence-corrected chi connectivity index (χ1v) is 13.0. The van der Waals surface area contributed by atoms with Gasteiger partial charge >= 0.3 is 19.3 Å². The second-order valence-electron chi connectivity index (χ2n) is 12.6. The molecule has 0 amide bonds. The molecule has 1 saturated carbocycles. The van der Waals surface area contributed by atoms with Gasteiger partial charge in [-0.2, -0.15) is 13.2 Å². The summed E-state index contributed by atoms with van der Waals surface area (Å²) in [4.78, 5) is 16.8. The van der Waals surface area contributed by atoms with E-state index in [2.05, 4.69) is 4.98 Å². The van der Waals surface area contributed by atoms with Crippen molar-refractivity contribution in [3.63, 3.8) is 0 Å². The van der Waals surface area contributed by atoms with Crippen molar-refractivity contribution in [1.82, 2.24) is 4.98 Å². The number of carbonyl (C=O) groups excluding carboxylic acids is 1.